The average Bonchev–Trinajstić information content (AvgIpc) is 0.824. The number of para-hydroxylation sites is 2. The van der Waals surface area contributed by atoms with Gasteiger partial charge in [0.1, 0.15) is 53.1 Å². The molecule has 0 amide bonds. The van der Waals surface area contributed by atoms with E-state index in [4.69, 9.17) is 20.9 Å². The molecule has 0 aliphatic carbocycles. The van der Waals surface area contributed by atoms with E-state index in [0.29, 0.717) is 73.9 Å². The highest BCUT2D eigenvalue weighted by molar-refractivity contribution is 7.88. The average molecular weight is 1850 g/mol. The number of hydrogen-bond acceptors (Lipinski definition) is 31. The van der Waals surface area contributed by atoms with Gasteiger partial charge in [-0.05, 0) is 291 Å². The van der Waals surface area contributed by atoms with Gasteiger partial charge >= 0.3 is 50.6 Å². The fourth-order valence-electron chi connectivity index (χ4n) is 11.1. The molecule has 0 atom stereocenters. The molecule has 0 heterocycles. The normalized spacial score (nSPS) is 12.0. The third-order valence-corrected chi connectivity index (χ3v) is 23.9. The van der Waals surface area contributed by atoms with Crippen LogP contribution in [0, 0.1) is 0 Å². The highest BCUT2D eigenvalue weighted by atomic mass is 32.2. The maximum atomic E-state index is 13.1. The van der Waals surface area contributed by atoms with Crippen molar-refractivity contribution >= 4 is 142 Å². The Hall–Kier alpha value is -16.9. The molecule has 0 aliphatic rings. The van der Waals surface area contributed by atoms with Crippen molar-refractivity contribution in [1.29, 1.82) is 0 Å². The number of rotatable bonds is 31. The Kier molecular flexibility index (Phi) is 30.4. The third kappa shape index (κ3) is 27.3. The highest BCUT2D eigenvalue weighted by Gasteiger charge is 2.24. The summed E-state index contributed by atoms with van der Waals surface area (Å²) in [5, 5.41) is 66.0. The molecule has 0 aromatic heterocycles. The van der Waals surface area contributed by atoms with Crippen LogP contribution in [0.15, 0.2) is 531 Å². The van der Waals surface area contributed by atoms with Crippen LogP contribution in [0.25, 0.3) is 0 Å². The molecular formula is C96H70N16O15S5. The zero-order chi connectivity index (χ0) is 91.9. The van der Waals surface area contributed by atoms with Crippen LogP contribution >= 0.6 is 0 Å². The molecule has 0 unspecified atom stereocenters. The summed E-state index contributed by atoms with van der Waals surface area (Å²) in [7, 11) is -20.8. The maximum Gasteiger partial charge on any atom is 0.339 e. The van der Waals surface area contributed by atoms with Crippen LogP contribution in [0.4, 0.5) is 91.0 Å². The first-order valence-electron chi connectivity index (χ1n) is 39.4. The van der Waals surface area contributed by atoms with Crippen molar-refractivity contribution < 1.29 is 63.0 Å². The quantitative estimate of drug-likeness (QED) is 0.0288. The van der Waals surface area contributed by atoms with E-state index in [1.807, 2.05) is 133 Å². The van der Waals surface area contributed by atoms with E-state index in [2.05, 4.69) is 81.8 Å². The first kappa shape index (κ1) is 91.3. The van der Waals surface area contributed by atoms with E-state index in [9.17, 15) is 42.1 Å². The predicted octanol–water partition coefficient (Wildman–Crippen LogP) is 28.2. The first-order chi connectivity index (χ1) is 64.0. The van der Waals surface area contributed by atoms with Gasteiger partial charge in [0.2, 0.25) is 0 Å². The third-order valence-electron chi connectivity index (χ3n) is 17.7. The van der Waals surface area contributed by atoms with Crippen molar-refractivity contribution in [1.82, 2.24) is 0 Å². The fourth-order valence-corrected chi connectivity index (χ4v) is 15.7. The Morgan fingerprint density at radius 2 is 0.265 bits per heavy atom. The SMILES string of the molecule is O=S(=O)(Oc1ccc(N=Nc2ccc(OS(=O)(=O)c3ccc(N=Nc4ccccc4)cc3)cc2)cc1)c1ccc(N=Nc2ccccc2)cc1.O=S(=O)(Oc1ccc(N=Nc2ccccc2)cc1)c1ccc(N=Nc2ccccc2)cc1.O=S(=O)(Oc1ccccc1N=Nc1ccccc1OS(=O)(=O)c1ccc(N=Nc2ccccc2)cc1)c1ccc(N=Nc2ccccc2)cc1. The minimum atomic E-state index is -4.28. The van der Waals surface area contributed by atoms with Gasteiger partial charge < -0.3 is 20.9 Å². The van der Waals surface area contributed by atoms with Crippen LogP contribution in [0.3, 0.4) is 0 Å². The molecule has 654 valence electrons. The predicted molar refractivity (Wildman–Crippen MR) is 496 cm³/mol. The van der Waals surface area contributed by atoms with E-state index < -0.39 is 50.6 Å². The summed E-state index contributed by atoms with van der Waals surface area (Å²) >= 11 is 0. The summed E-state index contributed by atoms with van der Waals surface area (Å²) in [6, 6.07) is 115. The van der Waals surface area contributed by atoms with E-state index in [0.717, 1.165) is 5.69 Å². The van der Waals surface area contributed by atoms with Gasteiger partial charge in [-0.2, -0.15) is 114 Å². The van der Waals surface area contributed by atoms with Crippen LogP contribution in [0.1, 0.15) is 0 Å². The zero-order valence-corrected chi connectivity index (χ0v) is 72.8. The molecule has 0 radical (unpaired) electrons. The number of hydrogen-bond donors (Lipinski definition) is 0. The topological polar surface area (TPSA) is 415 Å². The van der Waals surface area contributed by atoms with Gasteiger partial charge in [-0.15, -0.1) is 10.2 Å². The Morgan fingerprint density at radius 1 is 0.129 bits per heavy atom. The molecular weight excluding hydrogens is 1780 g/mol. The van der Waals surface area contributed by atoms with Gasteiger partial charge in [-0.3, -0.25) is 0 Å². The Labute approximate surface area is 759 Å². The van der Waals surface area contributed by atoms with Crippen LogP contribution in [0.5, 0.6) is 28.7 Å². The van der Waals surface area contributed by atoms with E-state index in [-0.39, 0.29) is 64.6 Å². The first-order valence-corrected chi connectivity index (χ1v) is 46.4. The molecule has 0 saturated heterocycles. The molecule has 0 fully saturated rings. The molecule has 0 N–H and O–H groups in total. The van der Waals surface area contributed by atoms with Crippen LogP contribution < -0.4 is 20.9 Å². The summed E-state index contributed by atoms with van der Waals surface area (Å²) in [6.07, 6.45) is 0. The molecule has 31 nitrogen and oxygen atoms in total. The minimum absolute atomic E-state index is 0.0176. The Balaban J connectivity index is 0.000000164. The lowest BCUT2D eigenvalue weighted by Crippen LogP contribution is -2.09. The summed E-state index contributed by atoms with van der Waals surface area (Å²) in [4.78, 5) is -0.290. The van der Waals surface area contributed by atoms with E-state index in [1.165, 1.54) is 170 Å². The van der Waals surface area contributed by atoms with Gasteiger partial charge in [-0.1, -0.05) is 133 Å². The molecule has 132 heavy (non-hydrogen) atoms. The summed E-state index contributed by atoms with van der Waals surface area (Å²) < 4.78 is 155. The van der Waals surface area contributed by atoms with Crippen molar-refractivity contribution in [2.24, 2.45) is 81.8 Å². The summed E-state index contributed by atoms with van der Waals surface area (Å²) in [5.41, 5.74) is 8.07. The lowest BCUT2D eigenvalue weighted by molar-refractivity contribution is 0.484. The monoisotopic (exact) mass is 1850 g/mol. The van der Waals surface area contributed by atoms with Crippen molar-refractivity contribution in [2.45, 2.75) is 24.5 Å². The summed E-state index contributed by atoms with van der Waals surface area (Å²) in [5.74, 6) is 0.159. The fraction of sp³-hybridized carbons (Fsp3) is 0. The van der Waals surface area contributed by atoms with Crippen molar-refractivity contribution in [2.75, 3.05) is 0 Å². The van der Waals surface area contributed by atoms with Gasteiger partial charge in [0.25, 0.3) is 0 Å². The maximum absolute atomic E-state index is 13.1. The van der Waals surface area contributed by atoms with E-state index >= 15 is 0 Å². The second-order valence-electron chi connectivity index (χ2n) is 27.2. The second kappa shape index (κ2) is 44.0. The van der Waals surface area contributed by atoms with Gasteiger partial charge in [0, 0.05) is 0 Å². The molecule has 0 saturated carbocycles. The number of nitrogens with zero attached hydrogens (tertiary/aromatic N) is 16. The van der Waals surface area contributed by atoms with Crippen LogP contribution in [0.2, 0.25) is 0 Å². The van der Waals surface area contributed by atoms with Crippen LogP contribution in [-0.4, -0.2) is 42.1 Å². The van der Waals surface area contributed by atoms with Crippen molar-refractivity contribution in [3.8, 4) is 28.7 Å². The molecule has 16 aromatic rings. The number of benzene rings is 16. The van der Waals surface area contributed by atoms with Crippen molar-refractivity contribution in [3.63, 3.8) is 0 Å². The Morgan fingerprint density at radius 3 is 0.439 bits per heavy atom. The lowest BCUT2D eigenvalue weighted by atomic mass is 10.3. The zero-order valence-electron chi connectivity index (χ0n) is 68.7. The standard InChI is InChI=1S/2C36H26N6O6S2.C24H18N4O3S/c43-49(44,31-23-19-29(20-24-31)39-37-27-11-3-1-4-12-27)47-35-17-9-7-15-33(35)41-42-34-16-8-10-18-36(34)48-50(45,46)32-25-21-30(22-26-32)40-38-28-13-5-2-6-14-28;43-49(44,35-23-15-31(16-24-35)41-37-27-7-3-1-4-8-27)47-33-19-11-29(12-20-33)39-40-30-13-21-34(22-14-30)48-50(45,46)36-25-17-32(18-26-36)42-38-28-9-5-2-6-10-28;29-32(30,24-17-13-22(14-18-24)28-26-20-9-5-2-6-10-20)31-23-15-11-21(12-16-23)27-25-19-7-3-1-4-8-19/h2*1-26H;1-18H. The second-order valence-corrected chi connectivity index (χ2v) is 34.9. The highest BCUT2D eigenvalue weighted by Crippen LogP contribution is 2.38. The smallest absolute Gasteiger partial charge is 0.339 e. The van der Waals surface area contributed by atoms with E-state index in [1.54, 1.807) is 121 Å². The molecule has 16 rings (SSSR count). The molecule has 0 bridgehead atoms. The Bertz CT molecular complexity index is 7120. The molecule has 36 heteroatoms. The molecule has 0 aliphatic heterocycles. The summed E-state index contributed by atoms with van der Waals surface area (Å²) in [6.45, 7) is 0. The number of azo groups is 8. The minimum Gasteiger partial charge on any atom is -0.379 e. The largest absolute Gasteiger partial charge is 0.379 e. The van der Waals surface area contributed by atoms with Gasteiger partial charge in [0.15, 0.2) is 11.5 Å². The van der Waals surface area contributed by atoms with Gasteiger partial charge in [0.05, 0.1) is 79.6 Å². The van der Waals surface area contributed by atoms with Crippen LogP contribution in [-0.2, 0) is 50.6 Å². The molecule has 16 aromatic carbocycles. The molecule has 0 spiro atoms. The van der Waals surface area contributed by atoms with Gasteiger partial charge in [-0.25, -0.2) is 0 Å². The van der Waals surface area contributed by atoms with Crippen molar-refractivity contribution in [3.05, 3.63) is 425 Å². The lowest BCUT2D eigenvalue weighted by Gasteiger charge is -2.10.